The molecule has 0 spiro atoms. The molecule has 0 atom stereocenters. The average molecular weight is 292 g/mol. The minimum atomic E-state index is -4.17. The standard InChI is InChI=1S/C5H4F3IN2O/c6-5(7,8)2-1-3-10-4(9)11-12-3/h1-2H2. The summed E-state index contributed by atoms with van der Waals surface area (Å²) in [4.78, 5) is 3.62. The van der Waals surface area contributed by atoms with Gasteiger partial charge in [-0.25, -0.2) is 0 Å². The molecule has 68 valence electrons. The Labute approximate surface area is 79.5 Å². The summed E-state index contributed by atoms with van der Waals surface area (Å²) in [5, 5.41) is 3.35. The third-order valence-corrected chi connectivity index (χ3v) is 1.50. The molecule has 0 saturated carbocycles. The van der Waals surface area contributed by atoms with Crippen molar-refractivity contribution in [3.63, 3.8) is 0 Å². The Morgan fingerprint density at radius 3 is 2.50 bits per heavy atom. The zero-order valence-electron chi connectivity index (χ0n) is 5.73. The van der Waals surface area contributed by atoms with Crippen LogP contribution in [0.2, 0.25) is 0 Å². The van der Waals surface area contributed by atoms with Crippen LogP contribution in [-0.2, 0) is 6.42 Å². The SMILES string of the molecule is FC(F)(F)CCc1nc(I)no1. The molecule has 1 heterocycles. The Balaban J connectivity index is 2.44. The van der Waals surface area contributed by atoms with Gasteiger partial charge in [-0.05, 0) is 0 Å². The predicted molar refractivity (Wildman–Crippen MR) is 41.4 cm³/mol. The topological polar surface area (TPSA) is 38.9 Å². The van der Waals surface area contributed by atoms with Crippen molar-refractivity contribution in [1.82, 2.24) is 10.1 Å². The second-order valence-corrected chi connectivity index (χ2v) is 3.04. The predicted octanol–water partition coefficient (Wildman–Crippen LogP) is 2.17. The minimum absolute atomic E-state index is 0.0247. The number of rotatable bonds is 2. The molecule has 0 aliphatic carbocycles. The molecule has 12 heavy (non-hydrogen) atoms. The third-order valence-electron chi connectivity index (χ3n) is 1.07. The lowest BCUT2D eigenvalue weighted by Crippen LogP contribution is -2.08. The second-order valence-electron chi connectivity index (χ2n) is 2.07. The largest absolute Gasteiger partial charge is 0.389 e. The number of alkyl halides is 3. The van der Waals surface area contributed by atoms with Crippen molar-refractivity contribution < 1.29 is 17.7 Å². The van der Waals surface area contributed by atoms with Crippen molar-refractivity contribution in [2.24, 2.45) is 0 Å². The van der Waals surface area contributed by atoms with Gasteiger partial charge in [0.05, 0.1) is 6.42 Å². The molecule has 3 nitrogen and oxygen atoms in total. The van der Waals surface area contributed by atoms with Gasteiger partial charge in [-0.3, -0.25) is 0 Å². The fourth-order valence-electron chi connectivity index (χ4n) is 0.584. The summed E-state index contributed by atoms with van der Waals surface area (Å²) in [5.41, 5.74) is 0. The van der Waals surface area contributed by atoms with Crippen LogP contribution in [0.1, 0.15) is 12.3 Å². The normalized spacial score (nSPS) is 12.0. The minimum Gasteiger partial charge on any atom is -0.339 e. The first kappa shape index (κ1) is 9.75. The summed E-state index contributed by atoms with van der Waals surface area (Å²) in [6, 6.07) is 0. The summed E-state index contributed by atoms with van der Waals surface area (Å²) in [6.45, 7) is 0. The lowest BCUT2D eigenvalue weighted by molar-refractivity contribution is -0.134. The number of hydrogen-bond acceptors (Lipinski definition) is 3. The van der Waals surface area contributed by atoms with Crippen LogP contribution in [0.3, 0.4) is 0 Å². The highest BCUT2D eigenvalue weighted by molar-refractivity contribution is 14.1. The number of nitrogens with zero attached hydrogens (tertiary/aromatic N) is 2. The highest BCUT2D eigenvalue weighted by Crippen LogP contribution is 2.21. The Hall–Kier alpha value is -0.340. The zero-order valence-corrected chi connectivity index (χ0v) is 7.89. The average Bonchev–Trinajstić information content (AvgIpc) is 2.30. The molecule has 7 heteroatoms. The number of aryl methyl sites for hydroxylation is 1. The summed E-state index contributed by atoms with van der Waals surface area (Å²) in [7, 11) is 0. The van der Waals surface area contributed by atoms with E-state index in [9.17, 15) is 13.2 Å². The first-order valence-electron chi connectivity index (χ1n) is 3.02. The van der Waals surface area contributed by atoms with E-state index in [0.29, 0.717) is 3.83 Å². The molecule has 1 rings (SSSR count). The molecule has 0 N–H and O–H groups in total. The van der Waals surface area contributed by atoms with Crippen molar-refractivity contribution in [2.45, 2.75) is 19.0 Å². The maximum atomic E-state index is 11.7. The molecule has 0 fully saturated rings. The maximum Gasteiger partial charge on any atom is 0.389 e. The van der Waals surface area contributed by atoms with E-state index in [2.05, 4.69) is 14.7 Å². The second kappa shape index (κ2) is 3.58. The quantitative estimate of drug-likeness (QED) is 0.784. The molecule has 0 aliphatic rings. The first-order chi connectivity index (χ1) is 5.47. The van der Waals surface area contributed by atoms with Gasteiger partial charge in [0.1, 0.15) is 0 Å². The van der Waals surface area contributed by atoms with Crippen LogP contribution in [0.5, 0.6) is 0 Å². The molecule has 1 aromatic heterocycles. The molecular weight excluding hydrogens is 288 g/mol. The monoisotopic (exact) mass is 292 g/mol. The van der Waals surface area contributed by atoms with Gasteiger partial charge < -0.3 is 4.52 Å². The van der Waals surface area contributed by atoms with Gasteiger partial charge >= 0.3 is 6.18 Å². The molecule has 1 aromatic rings. The molecule has 0 aromatic carbocycles. The molecule has 0 unspecified atom stereocenters. The van der Waals surface area contributed by atoms with E-state index in [-0.39, 0.29) is 12.3 Å². The van der Waals surface area contributed by atoms with Crippen molar-refractivity contribution in [3.05, 3.63) is 9.72 Å². The van der Waals surface area contributed by atoms with Gasteiger partial charge in [-0.1, -0.05) is 5.16 Å². The molecule has 0 saturated heterocycles. The van der Waals surface area contributed by atoms with Crippen molar-refractivity contribution in [1.29, 1.82) is 0 Å². The number of aromatic nitrogens is 2. The van der Waals surface area contributed by atoms with Gasteiger partial charge in [0.2, 0.25) is 9.72 Å². The summed E-state index contributed by atoms with van der Waals surface area (Å²) < 4.78 is 39.8. The fraction of sp³-hybridized carbons (Fsp3) is 0.600. The summed E-state index contributed by atoms with van der Waals surface area (Å²) >= 11 is 1.76. The molecule has 0 bridgehead atoms. The van der Waals surface area contributed by atoms with Gasteiger partial charge in [0.15, 0.2) is 0 Å². The van der Waals surface area contributed by atoms with Crippen LogP contribution < -0.4 is 0 Å². The lowest BCUT2D eigenvalue weighted by atomic mass is 10.3. The highest BCUT2D eigenvalue weighted by atomic mass is 127. The van der Waals surface area contributed by atoms with E-state index in [1.165, 1.54) is 0 Å². The van der Waals surface area contributed by atoms with E-state index < -0.39 is 12.6 Å². The van der Waals surface area contributed by atoms with Crippen LogP contribution in [-0.4, -0.2) is 16.3 Å². The van der Waals surface area contributed by atoms with Gasteiger partial charge in [-0.2, -0.15) is 18.2 Å². The Morgan fingerprint density at radius 1 is 1.42 bits per heavy atom. The van der Waals surface area contributed by atoms with E-state index in [4.69, 9.17) is 0 Å². The van der Waals surface area contributed by atoms with Gasteiger partial charge in [0, 0.05) is 29.0 Å². The molecule has 0 aliphatic heterocycles. The number of halogens is 4. The summed E-state index contributed by atoms with van der Waals surface area (Å²) in [6.07, 6.45) is -5.34. The van der Waals surface area contributed by atoms with E-state index >= 15 is 0 Å². The Morgan fingerprint density at radius 2 is 2.08 bits per heavy atom. The van der Waals surface area contributed by atoms with E-state index in [1.807, 2.05) is 0 Å². The van der Waals surface area contributed by atoms with Crippen molar-refractivity contribution >= 4 is 22.6 Å². The van der Waals surface area contributed by atoms with Crippen LogP contribution in [0.4, 0.5) is 13.2 Å². The van der Waals surface area contributed by atoms with Crippen molar-refractivity contribution in [3.8, 4) is 0 Å². The van der Waals surface area contributed by atoms with E-state index in [1.54, 1.807) is 22.6 Å². The van der Waals surface area contributed by atoms with Crippen LogP contribution in [0.15, 0.2) is 4.52 Å². The lowest BCUT2D eigenvalue weighted by Gasteiger charge is -2.01. The maximum absolute atomic E-state index is 11.7. The first-order valence-corrected chi connectivity index (χ1v) is 4.10. The van der Waals surface area contributed by atoms with E-state index in [0.717, 1.165) is 0 Å². The van der Waals surface area contributed by atoms with Crippen LogP contribution in [0, 0.1) is 3.83 Å². The highest BCUT2D eigenvalue weighted by Gasteiger charge is 2.27. The third kappa shape index (κ3) is 3.37. The molecular formula is C5H4F3IN2O. The summed E-state index contributed by atoms with van der Waals surface area (Å²) in [5.74, 6) is 0.0247. The molecule has 0 radical (unpaired) electrons. The van der Waals surface area contributed by atoms with Gasteiger partial charge in [-0.15, -0.1) is 0 Å². The zero-order chi connectivity index (χ0) is 9.19. The van der Waals surface area contributed by atoms with Crippen molar-refractivity contribution in [2.75, 3.05) is 0 Å². The number of hydrogen-bond donors (Lipinski definition) is 0. The Kier molecular flexibility index (Phi) is 2.91. The fourth-order valence-corrected chi connectivity index (χ4v) is 0.952. The smallest absolute Gasteiger partial charge is 0.339 e. The molecule has 0 amide bonds. The van der Waals surface area contributed by atoms with Crippen LogP contribution >= 0.6 is 22.6 Å². The Bertz CT molecular complexity index is 259. The van der Waals surface area contributed by atoms with Gasteiger partial charge in [0.25, 0.3) is 0 Å². The van der Waals surface area contributed by atoms with Crippen LogP contribution in [0.25, 0.3) is 0 Å².